The van der Waals surface area contributed by atoms with Gasteiger partial charge in [0.05, 0.1) is 17.3 Å². The van der Waals surface area contributed by atoms with Gasteiger partial charge in [-0.1, -0.05) is 54.6 Å². The zero-order chi connectivity index (χ0) is 23.1. The van der Waals surface area contributed by atoms with E-state index >= 15 is 0 Å². The third-order valence-electron chi connectivity index (χ3n) is 5.30. The molecule has 2 aromatic carbocycles. The summed E-state index contributed by atoms with van der Waals surface area (Å²) in [4.78, 5) is 12.8. The van der Waals surface area contributed by atoms with Gasteiger partial charge in [0.15, 0.2) is 5.78 Å². The van der Waals surface area contributed by atoms with Crippen LogP contribution in [0.15, 0.2) is 107 Å². The molecule has 0 fully saturated rings. The average molecular weight is 428 g/mol. The molecule has 0 saturated heterocycles. The van der Waals surface area contributed by atoms with Gasteiger partial charge in [-0.2, -0.15) is 10.2 Å². The number of aliphatic hydroxyl groups is 1. The van der Waals surface area contributed by atoms with E-state index < -0.39 is 5.60 Å². The van der Waals surface area contributed by atoms with Crippen LogP contribution in [0.5, 0.6) is 0 Å². The first kappa shape index (κ1) is 23.1. The predicted octanol–water partition coefficient (Wildman–Crippen LogP) is 6.28. The van der Waals surface area contributed by atoms with Crippen LogP contribution in [0.4, 0.5) is 5.69 Å². The van der Waals surface area contributed by atoms with Gasteiger partial charge in [0.1, 0.15) is 0 Å². The van der Waals surface area contributed by atoms with Gasteiger partial charge >= 0.3 is 0 Å². The van der Waals surface area contributed by atoms with Gasteiger partial charge in [-0.15, -0.1) is 0 Å². The van der Waals surface area contributed by atoms with Crippen LogP contribution in [0.1, 0.15) is 25.5 Å². The third-order valence-corrected chi connectivity index (χ3v) is 5.30. The molecular weight excluding hydrogens is 398 g/mol. The number of aryl methyl sites for hydroxylation is 1. The van der Waals surface area contributed by atoms with E-state index in [-0.39, 0.29) is 11.8 Å². The van der Waals surface area contributed by atoms with E-state index in [9.17, 15) is 9.90 Å². The number of hydrogen-bond acceptors (Lipinski definition) is 4. The molecule has 0 spiro atoms. The molecule has 32 heavy (non-hydrogen) atoms. The lowest BCUT2D eigenvalue weighted by molar-refractivity contribution is -0.117. The number of aromatic nitrogens is 1. The summed E-state index contributed by atoms with van der Waals surface area (Å²) in [7, 11) is 1.67. The average Bonchev–Trinajstić information content (AvgIpc) is 3.12. The normalized spacial score (nSPS) is 18.7. The van der Waals surface area contributed by atoms with Crippen molar-refractivity contribution in [3.8, 4) is 0 Å². The van der Waals surface area contributed by atoms with Crippen molar-refractivity contribution in [3.63, 3.8) is 0 Å². The highest BCUT2D eigenvalue weighted by Gasteiger charge is 2.23. The van der Waals surface area contributed by atoms with Gasteiger partial charge in [-0.25, -0.2) is 0 Å². The van der Waals surface area contributed by atoms with E-state index in [2.05, 4.69) is 10.2 Å². The van der Waals surface area contributed by atoms with Crippen LogP contribution in [-0.2, 0) is 4.79 Å². The van der Waals surface area contributed by atoms with Crippen molar-refractivity contribution >= 4 is 22.4 Å². The number of fused-ring (bicyclic) bond motifs is 1. The third kappa shape index (κ3) is 5.56. The number of carbonyl (C=O) groups excluding carboxylic acids is 1. The summed E-state index contributed by atoms with van der Waals surface area (Å²) in [5, 5.41) is 18.9. The van der Waals surface area contributed by atoms with Crippen LogP contribution < -0.4 is 0 Å². The molecule has 5 heteroatoms. The van der Waals surface area contributed by atoms with E-state index in [1.54, 1.807) is 44.4 Å². The van der Waals surface area contributed by atoms with E-state index in [0.717, 1.165) is 22.2 Å². The molecule has 3 aromatic rings. The van der Waals surface area contributed by atoms with Crippen molar-refractivity contribution in [1.29, 1.82) is 0 Å². The van der Waals surface area contributed by atoms with Gasteiger partial charge in [0.25, 0.3) is 0 Å². The molecule has 1 aliphatic carbocycles. The van der Waals surface area contributed by atoms with Crippen LogP contribution in [0, 0.1) is 6.92 Å². The molecule has 1 heterocycles. The van der Waals surface area contributed by atoms with Crippen LogP contribution in [-0.4, -0.2) is 28.1 Å². The number of Topliss-reactive ketones (excluding diaryl/α,β-unsaturated/α-hetero) is 1. The minimum atomic E-state index is -1.10. The summed E-state index contributed by atoms with van der Waals surface area (Å²) < 4.78 is 1.97. The van der Waals surface area contributed by atoms with E-state index in [1.165, 1.54) is 0 Å². The molecule has 2 atom stereocenters. The number of nitrogens with zero attached hydrogens (tertiary/aromatic N) is 3. The second-order valence-corrected chi connectivity index (χ2v) is 7.95. The van der Waals surface area contributed by atoms with Gasteiger partial charge in [-0.3, -0.25) is 4.79 Å². The van der Waals surface area contributed by atoms with Crippen molar-refractivity contribution in [2.24, 2.45) is 10.2 Å². The zero-order valence-corrected chi connectivity index (χ0v) is 18.9. The Labute approximate surface area is 189 Å². The molecule has 2 unspecified atom stereocenters. The lowest BCUT2D eigenvalue weighted by atomic mass is 9.98. The summed E-state index contributed by atoms with van der Waals surface area (Å²) in [6.07, 6.45) is 10.5. The lowest BCUT2D eigenvalue weighted by Crippen LogP contribution is -2.22. The number of hydrogen-bond donors (Lipinski definition) is 1. The number of para-hydroxylation sites is 1. The molecule has 4 rings (SSSR count). The SMILES string of the molecule is CC(C(=O)C1=CC(C)(O)C=CC=C1)n1ccc2ccccc21.CN=Nc1ccccc1C. The van der Waals surface area contributed by atoms with Gasteiger partial charge in [0.2, 0.25) is 0 Å². The Hall–Kier alpha value is -3.57. The summed E-state index contributed by atoms with van der Waals surface area (Å²) in [5.74, 6) is -0.0124. The van der Waals surface area contributed by atoms with Crippen molar-refractivity contribution in [2.45, 2.75) is 32.4 Å². The molecule has 1 N–H and O–H groups in total. The molecule has 0 saturated carbocycles. The van der Waals surface area contributed by atoms with E-state index in [4.69, 9.17) is 0 Å². The number of allylic oxidation sites excluding steroid dienone is 4. The second-order valence-electron chi connectivity index (χ2n) is 7.95. The summed E-state index contributed by atoms with van der Waals surface area (Å²) in [5.41, 5.74) is 2.57. The molecule has 1 aliphatic rings. The largest absolute Gasteiger partial charge is 0.382 e. The maximum Gasteiger partial charge on any atom is 0.185 e. The molecular formula is C27H29N3O2. The highest BCUT2D eigenvalue weighted by Crippen LogP contribution is 2.25. The van der Waals surface area contributed by atoms with E-state index in [0.29, 0.717) is 5.57 Å². The monoisotopic (exact) mass is 427 g/mol. The molecule has 0 aliphatic heterocycles. The highest BCUT2D eigenvalue weighted by molar-refractivity contribution is 6.01. The standard InChI is InChI=1S/C19H19NO2.C8H10N2/c1-14(20-12-10-15-7-3-4-9-17(15)20)18(21)16-8-5-6-11-19(2,22)13-16;1-7-5-3-4-6-8(7)10-9-2/h3-14,22H,1-2H3;3-6H,1-2H3. The first-order chi connectivity index (χ1) is 15.3. The Morgan fingerprint density at radius 3 is 2.53 bits per heavy atom. The number of benzene rings is 2. The van der Waals surface area contributed by atoms with Gasteiger partial charge in [-0.05, 0) is 62.1 Å². The smallest absolute Gasteiger partial charge is 0.185 e. The quantitative estimate of drug-likeness (QED) is 0.498. The predicted molar refractivity (Wildman–Crippen MR) is 130 cm³/mol. The Bertz CT molecular complexity index is 1210. The van der Waals surface area contributed by atoms with Crippen LogP contribution in [0.2, 0.25) is 0 Å². The first-order valence-electron chi connectivity index (χ1n) is 10.6. The van der Waals surface area contributed by atoms with Crippen molar-refractivity contribution < 1.29 is 9.90 Å². The number of carbonyl (C=O) groups is 1. The van der Waals surface area contributed by atoms with Crippen LogP contribution >= 0.6 is 0 Å². The molecule has 0 bridgehead atoms. The minimum Gasteiger partial charge on any atom is -0.382 e. The van der Waals surface area contributed by atoms with Crippen LogP contribution in [0.3, 0.4) is 0 Å². The Morgan fingerprint density at radius 2 is 1.78 bits per heavy atom. The maximum atomic E-state index is 12.8. The van der Waals surface area contributed by atoms with Crippen molar-refractivity contribution in [2.75, 3.05) is 7.05 Å². The molecule has 164 valence electrons. The Kier molecular flexibility index (Phi) is 7.33. The summed E-state index contributed by atoms with van der Waals surface area (Å²) >= 11 is 0. The van der Waals surface area contributed by atoms with E-state index in [1.807, 2.05) is 79.2 Å². The Balaban J connectivity index is 0.000000243. The maximum absolute atomic E-state index is 12.8. The highest BCUT2D eigenvalue weighted by atomic mass is 16.3. The number of rotatable bonds is 4. The van der Waals surface area contributed by atoms with Crippen molar-refractivity contribution in [3.05, 3.63) is 102 Å². The lowest BCUT2D eigenvalue weighted by Gasteiger charge is -2.18. The van der Waals surface area contributed by atoms with Gasteiger partial charge < -0.3 is 9.67 Å². The summed E-state index contributed by atoms with van der Waals surface area (Å²) in [6, 6.07) is 17.6. The molecule has 0 amide bonds. The number of azo groups is 1. The fourth-order valence-corrected chi connectivity index (χ4v) is 3.57. The molecule has 5 nitrogen and oxygen atoms in total. The summed E-state index contributed by atoms with van der Waals surface area (Å²) in [6.45, 7) is 5.57. The molecule has 1 aromatic heterocycles. The number of ketones is 1. The first-order valence-corrected chi connectivity index (χ1v) is 10.6. The molecule has 0 radical (unpaired) electrons. The second kappa shape index (κ2) is 10.2. The van der Waals surface area contributed by atoms with Crippen molar-refractivity contribution in [1.82, 2.24) is 4.57 Å². The Morgan fingerprint density at radius 1 is 1.06 bits per heavy atom. The van der Waals surface area contributed by atoms with Crippen LogP contribution in [0.25, 0.3) is 10.9 Å². The zero-order valence-electron chi connectivity index (χ0n) is 18.9. The minimum absolute atomic E-state index is 0.0124. The fourth-order valence-electron chi connectivity index (χ4n) is 3.57. The fraction of sp³-hybridized carbons (Fsp3) is 0.222. The van der Waals surface area contributed by atoms with Gasteiger partial charge in [0, 0.05) is 24.3 Å². The topological polar surface area (TPSA) is 66.9 Å².